The van der Waals surface area contributed by atoms with Crippen molar-refractivity contribution >= 4 is 44.8 Å². The predicted octanol–water partition coefficient (Wildman–Crippen LogP) is 2.75. The van der Waals surface area contributed by atoms with Crippen molar-refractivity contribution in [2.24, 2.45) is 4.99 Å². The molecule has 4 nitrogen and oxygen atoms in total. The molecule has 0 spiro atoms. The number of amidine groups is 1. The summed E-state index contributed by atoms with van der Waals surface area (Å²) < 4.78 is 6.31. The molecule has 2 aliphatic heterocycles. The molecule has 0 unspecified atom stereocenters. The van der Waals surface area contributed by atoms with Gasteiger partial charge in [-0.1, -0.05) is 28.1 Å². The average Bonchev–Trinajstić information content (AvgIpc) is 2.81. The summed E-state index contributed by atoms with van der Waals surface area (Å²) in [6.45, 7) is 2.98. The Morgan fingerprint density at radius 1 is 1.35 bits per heavy atom. The average molecular weight is 353 g/mol. The van der Waals surface area contributed by atoms with Gasteiger partial charge < -0.3 is 9.64 Å². The SMILES string of the molecule is O=C1N=C(N2CCOCC2)S/C1=C/c1cccc(Br)c1. The summed E-state index contributed by atoms with van der Waals surface area (Å²) in [6, 6.07) is 7.86. The Labute approximate surface area is 130 Å². The standard InChI is InChI=1S/C14H13BrN2O2S/c15-11-3-1-2-10(8-11)9-12-13(18)16-14(20-12)17-4-6-19-7-5-17/h1-3,8-9H,4-7H2/b12-9+. The van der Waals surface area contributed by atoms with Crippen molar-refractivity contribution in [3.63, 3.8) is 0 Å². The normalized spacial score (nSPS) is 21.4. The van der Waals surface area contributed by atoms with Crippen LogP contribution in [0, 0.1) is 0 Å². The number of rotatable bonds is 1. The number of halogens is 1. The summed E-state index contributed by atoms with van der Waals surface area (Å²) in [7, 11) is 0. The number of aliphatic imine (C=N–C) groups is 1. The minimum absolute atomic E-state index is 0.156. The minimum Gasteiger partial charge on any atom is -0.378 e. The molecule has 2 aliphatic rings. The van der Waals surface area contributed by atoms with Gasteiger partial charge >= 0.3 is 0 Å². The molecule has 20 heavy (non-hydrogen) atoms. The third kappa shape index (κ3) is 3.13. The number of ether oxygens (including phenoxy) is 1. The molecule has 0 N–H and O–H groups in total. The number of thioether (sulfide) groups is 1. The van der Waals surface area contributed by atoms with Crippen LogP contribution in [0.15, 0.2) is 38.6 Å². The number of carbonyl (C=O) groups excluding carboxylic acids is 1. The highest BCUT2D eigenvalue weighted by molar-refractivity contribution is 9.10. The van der Waals surface area contributed by atoms with E-state index in [1.807, 2.05) is 30.3 Å². The second-order valence-electron chi connectivity index (χ2n) is 4.46. The monoisotopic (exact) mass is 352 g/mol. The molecule has 1 fully saturated rings. The van der Waals surface area contributed by atoms with Gasteiger partial charge in [-0.3, -0.25) is 4.79 Å². The molecule has 0 atom stereocenters. The third-order valence-corrected chi connectivity index (χ3v) is 4.57. The van der Waals surface area contributed by atoms with E-state index in [9.17, 15) is 4.79 Å². The minimum atomic E-state index is -0.156. The van der Waals surface area contributed by atoms with Gasteiger partial charge in [-0.15, -0.1) is 0 Å². The molecule has 6 heteroatoms. The maximum atomic E-state index is 12.0. The van der Waals surface area contributed by atoms with Gasteiger partial charge in [-0.2, -0.15) is 4.99 Å². The summed E-state index contributed by atoms with van der Waals surface area (Å²) in [6.07, 6.45) is 1.88. The summed E-state index contributed by atoms with van der Waals surface area (Å²) in [5.74, 6) is -0.156. The second-order valence-corrected chi connectivity index (χ2v) is 6.39. The van der Waals surface area contributed by atoms with Gasteiger partial charge in [-0.05, 0) is 35.5 Å². The highest BCUT2D eigenvalue weighted by Gasteiger charge is 2.26. The van der Waals surface area contributed by atoms with Crippen LogP contribution in [0.5, 0.6) is 0 Å². The fourth-order valence-electron chi connectivity index (χ4n) is 2.04. The van der Waals surface area contributed by atoms with Crippen LogP contribution in [0.4, 0.5) is 0 Å². The topological polar surface area (TPSA) is 41.9 Å². The van der Waals surface area contributed by atoms with Crippen molar-refractivity contribution < 1.29 is 9.53 Å². The maximum Gasteiger partial charge on any atom is 0.286 e. The molecule has 0 aromatic heterocycles. The Hall–Kier alpha value is -1.11. The third-order valence-electron chi connectivity index (χ3n) is 3.04. The van der Waals surface area contributed by atoms with Gasteiger partial charge in [0, 0.05) is 17.6 Å². The van der Waals surface area contributed by atoms with E-state index in [1.54, 1.807) is 0 Å². The molecule has 0 bridgehead atoms. The molecule has 0 saturated carbocycles. The van der Waals surface area contributed by atoms with E-state index in [-0.39, 0.29) is 5.91 Å². The lowest BCUT2D eigenvalue weighted by molar-refractivity contribution is -0.113. The van der Waals surface area contributed by atoms with Gasteiger partial charge in [0.2, 0.25) is 0 Å². The van der Waals surface area contributed by atoms with Crippen LogP contribution >= 0.6 is 27.7 Å². The van der Waals surface area contributed by atoms with Gasteiger partial charge in [0.05, 0.1) is 18.1 Å². The fourth-order valence-corrected chi connectivity index (χ4v) is 3.42. The quantitative estimate of drug-likeness (QED) is 0.728. The summed E-state index contributed by atoms with van der Waals surface area (Å²) in [5.41, 5.74) is 0.994. The number of carbonyl (C=O) groups is 1. The molecule has 1 aromatic rings. The van der Waals surface area contributed by atoms with Gasteiger partial charge in [0.15, 0.2) is 5.17 Å². The lowest BCUT2D eigenvalue weighted by atomic mass is 10.2. The molecule has 0 aliphatic carbocycles. The first-order valence-corrected chi connectivity index (χ1v) is 7.94. The molecule has 3 rings (SSSR count). The van der Waals surface area contributed by atoms with Crippen LogP contribution in [0.2, 0.25) is 0 Å². The van der Waals surface area contributed by atoms with Crippen LogP contribution in [0.3, 0.4) is 0 Å². The number of hydrogen-bond acceptors (Lipinski definition) is 4. The smallest absolute Gasteiger partial charge is 0.286 e. The Morgan fingerprint density at radius 3 is 2.90 bits per heavy atom. The highest BCUT2D eigenvalue weighted by Crippen LogP contribution is 2.30. The lowest BCUT2D eigenvalue weighted by Gasteiger charge is -2.27. The summed E-state index contributed by atoms with van der Waals surface area (Å²) in [5, 5.41) is 0.791. The van der Waals surface area contributed by atoms with Crippen molar-refractivity contribution in [3.8, 4) is 0 Å². The van der Waals surface area contributed by atoms with Crippen molar-refractivity contribution in [1.29, 1.82) is 0 Å². The number of hydrogen-bond donors (Lipinski definition) is 0. The van der Waals surface area contributed by atoms with Crippen LogP contribution in [-0.2, 0) is 9.53 Å². The highest BCUT2D eigenvalue weighted by atomic mass is 79.9. The number of benzene rings is 1. The van der Waals surface area contributed by atoms with E-state index in [0.717, 1.165) is 28.3 Å². The first-order chi connectivity index (χ1) is 9.72. The van der Waals surface area contributed by atoms with E-state index in [4.69, 9.17) is 4.74 Å². The van der Waals surface area contributed by atoms with E-state index in [1.165, 1.54) is 11.8 Å². The lowest BCUT2D eigenvalue weighted by Crippen LogP contribution is -2.38. The largest absolute Gasteiger partial charge is 0.378 e. The van der Waals surface area contributed by atoms with E-state index < -0.39 is 0 Å². The molecule has 1 amide bonds. The van der Waals surface area contributed by atoms with E-state index in [0.29, 0.717) is 18.1 Å². The fraction of sp³-hybridized carbons (Fsp3) is 0.286. The van der Waals surface area contributed by atoms with Crippen LogP contribution in [0.25, 0.3) is 6.08 Å². The summed E-state index contributed by atoms with van der Waals surface area (Å²) in [4.78, 5) is 18.9. The van der Waals surface area contributed by atoms with Crippen molar-refractivity contribution in [1.82, 2.24) is 4.90 Å². The second kappa shape index (κ2) is 6.11. The molecular formula is C14H13BrN2O2S. The van der Waals surface area contributed by atoms with Crippen LogP contribution < -0.4 is 0 Å². The molecule has 1 aromatic carbocycles. The Balaban J connectivity index is 1.76. The van der Waals surface area contributed by atoms with Crippen molar-refractivity contribution in [2.75, 3.05) is 26.3 Å². The number of amides is 1. The van der Waals surface area contributed by atoms with Crippen molar-refractivity contribution in [3.05, 3.63) is 39.2 Å². The summed E-state index contributed by atoms with van der Waals surface area (Å²) >= 11 is 4.87. The zero-order valence-corrected chi connectivity index (χ0v) is 13.1. The van der Waals surface area contributed by atoms with Gasteiger partial charge in [0.1, 0.15) is 0 Å². The maximum absolute atomic E-state index is 12.0. The molecule has 104 valence electrons. The van der Waals surface area contributed by atoms with Gasteiger partial charge in [-0.25, -0.2) is 0 Å². The Morgan fingerprint density at radius 2 is 2.15 bits per heavy atom. The predicted molar refractivity (Wildman–Crippen MR) is 84.5 cm³/mol. The van der Waals surface area contributed by atoms with Crippen LogP contribution in [-0.4, -0.2) is 42.3 Å². The molecule has 2 heterocycles. The molecular weight excluding hydrogens is 340 g/mol. The first-order valence-electron chi connectivity index (χ1n) is 6.33. The Bertz CT molecular complexity index is 595. The zero-order valence-electron chi connectivity index (χ0n) is 10.7. The van der Waals surface area contributed by atoms with E-state index >= 15 is 0 Å². The Kier molecular flexibility index (Phi) is 4.24. The molecule has 0 radical (unpaired) electrons. The first kappa shape index (κ1) is 13.9. The number of morpholine rings is 1. The van der Waals surface area contributed by atoms with Crippen LogP contribution in [0.1, 0.15) is 5.56 Å². The zero-order chi connectivity index (χ0) is 13.9. The van der Waals surface area contributed by atoms with Crippen molar-refractivity contribution in [2.45, 2.75) is 0 Å². The molecule has 1 saturated heterocycles. The van der Waals surface area contributed by atoms with Gasteiger partial charge in [0.25, 0.3) is 5.91 Å². The van der Waals surface area contributed by atoms with E-state index in [2.05, 4.69) is 25.8 Å². The number of nitrogens with zero attached hydrogens (tertiary/aromatic N) is 2.